The van der Waals surface area contributed by atoms with Gasteiger partial charge in [-0.1, -0.05) is 31.5 Å². The Labute approximate surface area is 127 Å². The number of nitrogens with zero attached hydrogens (tertiary/aromatic N) is 3. The molecule has 4 nitrogen and oxygen atoms in total. The van der Waals surface area contributed by atoms with Crippen LogP contribution in [0.4, 0.5) is 0 Å². The van der Waals surface area contributed by atoms with Gasteiger partial charge in [0, 0.05) is 18.1 Å². The molecule has 20 heavy (non-hydrogen) atoms. The molecule has 0 amide bonds. The molecule has 1 N–H and O–H groups in total. The molecule has 0 bridgehead atoms. The van der Waals surface area contributed by atoms with Crippen LogP contribution in [0, 0.1) is 0 Å². The SMILES string of the molecule is S=C1NCC2(CCCCC2)n2c1cc1cnc(Cl)nc12. The van der Waals surface area contributed by atoms with Crippen molar-refractivity contribution in [2.24, 2.45) is 0 Å². The normalized spacial score (nSPS) is 20.9. The molecule has 2 aromatic rings. The lowest BCUT2D eigenvalue weighted by Crippen LogP contribution is -2.52. The molecule has 0 radical (unpaired) electrons. The van der Waals surface area contributed by atoms with E-state index in [0.717, 1.165) is 28.3 Å². The first-order valence-electron chi connectivity index (χ1n) is 7.02. The van der Waals surface area contributed by atoms with Gasteiger partial charge >= 0.3 is 0 Å². The molecule has 2 aliphatic rings. The highest BCUT2D eigenvalue weighted by atomic mass is 35.5. The molecule has 1 aliphatic heterocycles. The van der Waals surface area contributed by atoms with Crippen LogP contribution < -0.4 is 5.32 Å². The van der Waals surface area contributed by atoms with Gasteiger partial charge in [0.2, 0.25) is 5.28 Å². The van der Waals surface area contributed by atoms with Gasteiger partial charge < -0.3 is 9.88 Å². The summed E-state index contributed by atoms with van der Waals surface area (Å²) in [7, 11) is 0. The van der Waals surface area contributed by atoms with Gasteiger partial charge in [0.1, 0.15) is 10.6 Å². The molecular weight excluding hydrogens is 292 g/mol. The molecule has 1 saturated carbocycles. The van der Waals surface area contributed by atoms with E-state index in [1.165, 1.54) is 32.1 Å². The number of hydrogen-bond acceptors (Lipinski definition) is 3. The molecule has 2 aromatic heterocycles. The Hall–Kier alpha value is -1.20. The summed E-state index contributed by atoms with van der Waals surface area (Å²) in [6.45, 7) is 0.893. The Kier molecular flexibility index (Phi) is 2.76. The second-order valence-electron chi connectivity index (χ2n) is 5.75. The van der Waals surface area contributed by atoms with Crippen molar-refractivity contribution >= 4 is 39.8 Å². The summed E-state index contributed by atoms with van der Waals surface area (Å²) in [6, 6.07) is 2.08. The number of nitrogens with one attached hydrogen (secondary N) is 1. The summed E-state index contributed by atoms with van der Waals surface area (Å²) in [5.41, 5.74) is 2.07. The maximum Gasteiger partial charge on any atom is 0.224 e. The monoisotopic (exact) mass is 306 g/mol. The van der Waals surface area contributed by atoms with Crippen molar-refractivity contribution in [3.8, 4) is 0 Å². The van der Waals surface area contributed by atoms with Gasteiger partial charge in [-0.2, -0.15) is 4.98 Å². The Bertz CT molecular complexity index is 703. The summed E-state index contributed by atoms with van der Waals surface area (Å²) >= 11 is 11.5. The summed E-state index contributed by atoms with van der Waals surface area (Å²) in [6.07, 6.45) is 7.95. The molecule has 1 spiro atoms. The standard InChI is InChI=1S/C14H15ClN4S/c15-13-16-7-9-6-10-12(20)17-8-14(4-2-1-3-5-14)19(10)11(9)18-13/h6-7H,1-5,8H2,(H,17,20). The summed E-state index contributed by atoms with van der Waals surface area (Å²) in [4.78, 5) is 9.35. The second-order valence-corrected chi connectivity index (χ2v) is 6.50. The van der Waals surface area contributed by atoms with E-state index in [1.54, 1.807) is 6.20 Å². The molecular formula is C14H15ClN4S. The third kappa shape index (κ3) is 1.69. The van der Waals surface area contributed by atoms with Crippen LogP contribution in [0.3, 0.4) is 0 Å². The topological polar surface area (TPSA) is 42.7 Å². The molecule has 3 heterocycles. The largest absolute Gasteiger partial charge is 0.372 e. The Balaban J connectivity index is 2.01. The Morgan fingerprint density at radius 2 is 2.10 bits per heavy atom. The molecule has 104 valence electrons. The molecule has 0 saturated heterocycles. The Morgan fingerprint density at radius 1 is 1.30 bits per heavy atom. The lowest BCUT2D eigenvalue weighted by molar-refractivity contribution is 0.193. The fraction of sp³-hybridized carbons (Fsp3) is 0.500. The van der Waals surface area contributed by atoms with E-state index in [-0.39, 0.29) is 5.54 Å². The van der Waals surface area contributed by atoms with Crippen LogP contribution >= 0.6 is 23.8 Å². The lowest BCUT2D eigenvalue weighted by Gasteiger charge is -2.43. The van der Waals surface area contributed by atoms with Crippen LogP contribution in [0.15, 0.2) is 12.3 Å². The van der Waals surface area contributed by atoms with Gasteiger partial charge in [-0.25, -0.2) is 4.98 Å². The Morgan fingerprint density at radius 3 is 2.90 bits per heavy atom. The van der Waals surface area contributed by atoms with E-state index >= 15 is 0 Å². The molecule has 0 unspecified atom stereocenters. The van der Waals surface area contributed by atoms with Crippen molar-refractivity contribution in [3.63, 3.8) is 0 Å². The predicted octanol–water partition coefficient (Wildman–Crippen LogP) is 3.02. The number of hydrogen-bond donors (Lipinski definition) is 1. The minimum absolute atomic E-state index is 0.0926. The second kappa shape index (κ2) is 4.40. The van der Waals surface area contributed by atoms with Crippen molar-refractivity contribution < 1.29 is 0 Å². The molecule has 1 fully saturated rings. The van der Waals surface area contributed by atoms with Gasteiger partial charge in [-0.05, 0) is 30.5 Å². The first-order valence-corrected chi connectivity index (χ1v) is 7.81. The quantitative estimate of drug-likeness (QED) is 0.600. The summed E-state index contributed by atoms with van der Waals surface area (Å²) < 4.78 is 2.33. The zero-order valence-corrected chi connectivity index (χ0v) is 12.6. The van der Waals surface area contributed by atoms with Gasteiger partial charge in [0.15, 0.2) is 0 Å². The van der Waals surface area contributed by atoms with Crippen LogP contribution in [0.25, 0.3) is 11.0 Å². The van der Waals surface area contributed by atoms with E-state index in [1.807, 2.05) is 0 Å². The lowest BCUT2D eigenvalue weighted by atomic mass is 9.80. The van der Waals surface area contributed by atoms with E-state index < -0.39 is 0 Å². The first kappa shape index (κ1) is 12.5. The molecule has 0 atom stereocenters. The van der Waals surface area contributed by atoms with Crippen molar-refractivity contribution in [2.75, 3.05) is 6.54 Å². The van der Waals surface area contributed by atoms with Gasteiger partial charge in [-0.15, -0.1) is 0 Å². The molecule has 1 aliphatic carbocycles. The van der Waals surface area contributed by atoms with Crippen LogP contribution in [0.2, 0.25) is 5.28 Å². The number of aromatic nitrogens is 3. The minimum atomic E-state index is 0.0926. The zero-order valence-electron chi connectivity index (χ0n) is 11.0. The fourth-order valence-corrected chi connectivity index (χ4v) is 3.99. The average molecular weight is 307 g/mol. The zero-order chi connectivity index (χ0) is 13.7. The summed E-state index contributed by atoms with van der Waals surface area (Å²) in [5.74, 6) is 0. The van der Waals surface area contributed by atoms with E-state index in [2.05, 4.69) is 25.9 Å². The number of rotatable bonds is 0. The van der Waals surface area contributed by atoms with Crippen LogP contribution in [-0.4, -0.2) is 26.1 Å². The highest BCUT2D eigenvalue weighted by Gasteiger charge is 2.40. The predicted molar refractivity (Wildman–Crippen MR) is 83.3 cm³/mol. The van der Waals surface area contributed by atoms with Gasteiger partial charge in [0.25, 0.3) is 0 Å². The first-order chi connectivity index (χ1) is 9.70. The smallest absolute Gasteiger partial charge is 0.224 e. The van der Waals surface area contributed by atoms with Crippen molar-refractivity contribution in [1.82, 2.24) is 19.9 Å². The van der Waals surface area contributed by atoms with Crippen molar-refractivity contribution in [1.29, 1.82) is 0 Å². The highest BCUT2D eigenvalue weighted by molar-refractivity contribution is 7.80. The average Bonchev–Trinajstić information content (AvgIpc) is 2.85. The van der Waals surface area contributed by atoms with Gasteiger partial charge in [0.05, 0.1) is 11.2 Å². The third-order valence-electron chi connectivity index (χ3n) is 4.58. The molecule has 4 rings (SSSR count). The number of fused-ring (bicyclic) bond motifs is 4. The summed E-state index contributed by atoms with van der Waals surface area (Å²) in [5, 5.41) is 4.72. The molecule has 0 aromatic carbocycles. The number of thiocarbonyl (C=S) groups is 1. The van der Waals surface area contributed by atoms with Crippen molar-refractivity contribution in [2.45, 2.75) is 37.6 Å². The van der Waals surface area contributed by atoms with Crippen LogP contribution in [0.1, 0.15) is 37.8 Å². The minimum Gasteiger partial charge on any atom is -0.372 e. The van der Waals surface area contributed by atoms with Crippen LogP contribution in [0.5, 0.6) is 0 Å². The van der Waals surface area contributed by atoms with E-state index in [0.29, 0.717) is 5.28 Å². The maximum atomic E-state index is 6.00. The van der Waals surface area contributed by atoms with E-state index in [9.17, 15) is 0 Å². The van der Waals surface area contributed by atoms with Crippen LogP contribution in [-0.2, 0) is 5.54 Å². The third-order valence-corrected chi connectivity index (χ3v) is 5.12. The number of halogens is 1. The highest BCUT2D eigenvalue weighted by Crippen LogP contribution is 2.40. The fourth-order valence-electron chi connectivity index (χ4n) is 3.64. The van der Waals surface area contributed by atoms with E-state index in [4.69, 9.17) is 23.8 Å². The van der Waals surface area contributed by atoms with Crippen molar-refractivity contribution in [3.05, 3.63) is 23.2 Å². The molecule has 6 heteroatoms. The maximum absolute atomic E-state index is 6.00. The van der Waals surface area contributed by atoms with Gasteiger partial charge in [-0.3, -0.25) is 0 Å².